The number of nitrogens with zero attached hydrogens (tertiary/aromatic N) is 1. The molecule has 2 rings (SSSR count). The van der Waals surface area contributed by atoms with E-state index in [-0.39, 0.29) is 11.9 Å². The summed E-state index contributed by atoms with van der Waals surface area (Å²) in [5.41, 5.74) is 0. The van der Waals surface area contributed by atoms with E-state index in [4.69, 9.17) is 8.83 Å². The largest absolute Gasteiger partial charge is 0.467 e. The summed E-state index contributed by atoms with van der Waals surface area (Å²) in [6.07, 6.45) is 4.77. The van der Waals surface area contributed by atoms with Gasteiger partial charge in [0.2, 0.25) is 5.91 Å². The lowest BCUT2D eigenvalue weighted by Crippen LogP contribution is -2.27. The van der Waals surface area contributed by atoms with Crippen molar-refractivity contribution in [2.45, 2.75) is 19.9 Å². The van der Waals surface area contributed by atoms with Gasteiger partial charge < -0.3 is 13.7 Å². The van der Waals surface area contributed by atoms with E-state index in [1.165, 1.54) is 6.08 Å². The minimum absolute atomic E-state index is 0.0991. The highest BCUT2D eigenvalue weighted by atomic mass is 16.3. The van der Waals surface area contributed by atoms with Crippen molar-refractivity contribution < 1.29 is 13.6 Å². The number of carbonyl (C=O) groups is 1. The molecule has 2 aromatic heterocycles. The van der Waals surface area contributed by atoms with Gasteiger partial charge >= 0.3 is 0 Å². The van der Waals surface area contributed by atoms with Crippen molar-refractivity contribution in [1.82, 2.24) is 4.90 Å². The summed E-state index contributed by atoms with van der Waals surface area (Å²) in [6, 6.07) is 7.25. The molecule has 0 saturated carbocycles. The Bertz CT molecular complexity index is 566. The number of likely N-dealkylation sites (N-methyl/N-ethyl adjacent to an activating group) is 1. The summed E-state index contributed by atoms with van der Waals surface area (Å²) >= 11 is 0. The van der Waals surface area contributed by atoms with E-state index in [0.29, 0.717) is 5.76 Å². The molecule has 4 nitrogen and oxygen atoms in total. The Morgan fingerprint density at radius 2 is 2.16 bits per heavy atom. The highest BCUT2D eigenvalue weighted by molar-refractivity contribution is 5.91. The number of amides is 1. The van der Waals surface area contributed by atoms with Crippen molar-refractivity contribution in [3.8, 4) is 0 Å². The molecule has 0 aliphatic heterocycles. The Balaban J connectivity index is 2.01. The van der Waals surface area contributed by atoms with Crippen LogP contribution in [-0.2, 0) is 4.79 Å². The maximum atomic E-state index is 12.0. The molecule has 0 aromatic carbocycles. The lowest BCUT2D eigenvalue weighted by Gasteiger charge is -2.21. The van der Waals surface area contributed by atoms with Gasteiger partial charge in [-0.05, 0) is 44.2 Å². The fraction of sp³-hybridized carbons (Fsp3) is 0.267. The average molecular weight is 259 g/mol. The molecule has 4 heteroatoms. The third-order valence-electron chi connectivity index (χ3n) is 3.03. The van der Waals surface area contributed by atoms with Crippen LogP contribution in [0.4, 0.5) is 0 Å². The molecule has 0 radical (unpaired) electrons. The van der Waals surface area contributed by atoms with Crippen LogP contribution in [-0.4, -0.2) is 17.9 Å². The predicted octanol–water partition coefficient (Wildman–Crippen LogP) is 3.41. The molecule has 1 unspecified atom stereocenters. The van der Waals surface area contributed by atoms with Gasteiger partial charge in [0.05, 0.1) is 12.3 Å². The van der Waals surface area contributed by atoms with Crippen molar-refractivity contribution in [3.05, 3.63) is 53.9 Å². The molecular formula is C15H17NO3. The van der Waals surface area contributed by atoms with Crippen LogP contribution >= 0.6 is 0 Å². The number of hydrogen-bond acceptors (Lipinski definition) is 3. The first kappa shape index (κ1) is 13.2. The van der Waals surface area contributed by atoms with Crippen LogP contribution in [0.1, 0.15) is 30.2 Å². The van der Waals surface area contributed by atoms with Gasteiger partial charge in [0.25, 0.3) is 0 Å². The Kier molecular flexibility index (Phi) is 3.90. The van der Waals surface area contributed by atoms with Crippen LogP contribution in [0.15, 0.2) is 45.4 Å². The lowest BCUT2D eigenvalue weighted by molar-refractivity contribution is -0.126. The van der Waals surface area contributed by atoms with Crippen molar-refractivity contribution in [2.24, 2.45) is 0 Å². The Morgan fingerprint density at radius 1 is 1.37 bits per heavy atom. The number of hydrogen-bond donors (Lipinski definition) is 0. The van der Waals surface area contributed by atoms with E-state index in [1.807, 2.05) is 38.1 Å². The summed E-state index contributed by atoms with van der Waals surface area (Å²) in [7, 11) is 1.74. The number of furan rings is 2. The molecule has 0 N–H and O–H groups in total. The van der Waals surface area contributed by atoms with Gasteiger partial charge in [-0.2, -0.15) is 0 Å². The number of carbonyl (C=O) groups excluding carboxylic acids is 1. The van der Waals surface area contributed by atoms with Crippen LogP contribution in [0.3, 0.4) is 0 Å². The zero-order valence-corrected chi connectivity index (χ0v) is 11.3. The van der Waals surface area contributed by atoms with E-state index in [0.717, 1.165) is 11.5 Å². The highest BCUT2D eigenvalue weighted by Crippen LogP contribution is 2.19. The molecule has 0 saturated heterocycles. The van der Waals surface area contributed by atoms with Gasteiger partial charge in [0.1, 0.15) is 17.3 Å². The molecule has 19 heavy (non-hydrogen) atoms. The first-order valence-electron chi connectivity index (χ1n) is 6.12. The quantitative estimate of drug-likeness (QED) is 0.790. The summed E-state index contributed by atoms with van der Waals surface area (Å²) in [5.74, 6) is 2.16. The maximum absolute atomic E-state index is 12.0. The van der Waals surface area contributed by atoms with E-state index >= 15 is 0 Å². The zero-order valence-electron chi connectivity index (χ0n) is 11.3. The monoisotopic (exact) mass is 259 g/mol. The van der Waals surface area contributed by atoms with Gasteiger partial charge in [-0.15, -0.1) is 0 Å². The Labute approximate surface area is 112 Å². The van der Waals surface area contributed by atoms with Crippen LogP contribution in [0, 0.1) is 6.92 Å². The molecule has 0 spiro atoms. The first-order valence-corrected chi connectivity index (χ1v) is 6.12. The summed E-state index contributed by atoms with van der Waals surface area (Å²) in [5, 5.41) is 0. The fourth-order valence-electron chi connectivity index (χ4n) is 1.72. The van der Waals surface area contributed by atoms with Crippen LogP contribution in [0.2, 0.25) is 0 Å². The molecule has 1 atom stereocenters. The van der Waals surface area contributed by atoms with Gasteiger partial charge in [-0.1, -0.05) is 0 Å². The van der Waals surface area contributed by atoms with Gasteiger partial charge in [-0.3, -0.25) is 4.79 Å². The molecule has 100 valence electrons. The standard InChI is InChI=1S/C15H17NO3/c1-11-6-7-13(19-11)8-9-15(17)16(3)12(2)14-5-4-10-18-14/h4-10,12H,1-3H3/b9-8+. The summed E-state index contributed by atoms with van der Waals surface area (Å²) in [6.45, 7) is 3.78. The predicted molar refractivity (Wildman–Crippen MR) is 72.4 cm³/mol. The SMILES string of the molecule is Cc1ccc(/C=C/C(=O)N(C)C(C)c2ccco2)o1. The number of aryl methyl sites for hydroxylation is 1. The van der Waals surface area contributed by atoms with Gasteiger partial charge in [-0.25, -0.2) is 0 Å². The van der Waals surface area contributed by atoms with Crippen LogP contribution in [0.5, 0.6) is 0 Å². The van der Waals surface area contributed by atoms with Crippen molar-refractivity contribution in [3.63, 3.8) is 0 Å². The second-order valence-corrected chi connectivity index (χ2v) is 4.42. The maximum Gasteiger partial charge on any atom is 0.247 e. The molecule has 0 aliphatic rings. The Hall–Kier alpha value is -2.23. The van der Waals surface area contributed by atoms with Crippen molar-refractivity contribution >= 4 is 12.0 Å². The van der Waals surface area contributed by atoms with Crippen LogP contribution in [0.25, 0.3) is 6.08 Å². The minimum atomic E-state index is -0.106. The fourth-order valence-corrected chi connectivity index (χ4v) is 1.72. The van der Waals surface area contributed by atoms with E-state index in [9.17, 15) is 4.79 Å². The molecule has 0 bridgehead atoms. The number of rotatable bonds is 4. The van der Waals surface area contributed by atoms with Crippen LogP contribution < -0.4 is 0 Å². The zero-order chi connectivity index (χ0) is 13.8. The molecule has 2 heterocycles. The van der Waals surface area contributed by atoms with E-state index in [2.05, 4.69) is 0 Å². The Morgan fingerprint density at radius 3 is 2.74 bits per heavy atom. The van der Waals surface area contributed by atoms with Gasteiger partial charge in [0, 0.05) is 13.1 Å². The third kappa shape index (κ3) is 3.16. The summed E-state index contributed by atoms with van der Waals surface area (Å²) in [4.78, 5) is 13.6. The molecule has 0 fully saturated rings. The molecule has 1 amide bonds. The molecule has 0 aliphatic carbocycles. The second kappa shape index (κ2) is 5.61. The highest BCUT2D eigenvalue weighted by Gasteiger charge is 2.17. The van der Waals surface area contributed by atoms with Crippen molar-refractivity contribution in [2.75, 3.05) is 7.05 Å². The smallest absolute Gasteiger partial charge is 0.247 e. The molecular weight excluding hydrogens is 242 g/mol. The van der Waals surface area contributed by atoms with Crippen molar-refractivity contribution in [1.29, 1.82) is 0 Å². The first-order chi connectivity index (χ1) is 9.08. The molecule has 2 aromatic rings. The lowest BCUT2D eigenvalue weighted by atomic mass is 10.2. The summed E-state index contributed by atoms with van der Waals surface area (Å²) < 4.78 is 10.7. The third-order valence-corrected chi connectivity index (χ3v) is 3.03. The normalized spacial score (nSPS) is 12.8. The second-order valence-electron chi connectivity index (χ2n) is 4.42. The van der Waals surface area contributed by atoms with E-state index < -0.39 is 0 Å². The topological polar surface area (TPSA) is 46.6 Å². The van der Waals surface area contributed by atoms with E-state index in [1.54, 1.807) is 24.3 Å². The van der Waals surface area contributed by atoms with Gasteiger partial charge in [0.15, 0.2) is 0 Å². The average Bonchev–Trinajstić information content (AvgIpc) is 3.05. The minimum Gasteiger partial charge on any atom is -0.467 e.